The van der Waals surface area contributed by atoms with Crippen molar-refractivity contribution in [3.05, 3.63) is 0 Å². The topological polar surface area (TPSA) is 9.72 Å². The number of hydrogen-bond acceptors (Lipinski definition) is 3. The molecule has 0 spiro atoms. The Labute approximate surface area is 132 Å². The number of nitrogens with zero attached hydrogens (tertiary/aromatic N) is 3. The first-order valence-corrected chi connectivity index (χ1v) is 9.55. The summed E-state index contributed by atoms with van der Waals surface area (Å²) >= 11 is 0. The summed E-state index contributed by atoms with van der Waals surface area (Å²) in [5.41, 5.74) is 0. The van der Waals surface area contributed by atoms with Crippen LogP contribution in [-0.4, -0.2) is 73.6 Å². The molecule has 2 heterocycles. The van der Waals surface area contributed by atoms with Crippen molar-refractivity contribution in [2.75, 3.05) is 58.9 Å². The highest BCUT2D eigenvalue weighted by atomic mass is 15.2. The molecule has 2 fully saturated rings. The molecule has 2 saturated heterocycles. The van der Waals surface area contributed by atoms with Crippen LogP contribution < -0.4 is 0 Å². The average molecular weight is 296 g/mol. The second-order valence-corrected chi connectivity index (χ2v) is 6.95. The number of piperidine rings is 2. The van der Waals surface area contributed by atoms with Crippen LogP contribution in [0.25, 0.3) is 0 Å². The van der Waals surface area contributed by atoms with Gasteiger partial charge in [-0.2, -0.15) is 0 Å². The summed E-state index contributed by atoms with van der Waals surface area (Å²) < 4.78 is 0. The maximum absolute atomic E-state index is 2.67. The molecule has 0 atom stereocenters. The van der Waals surface area contributed by atoms with Crippen molar-refractivity contribution in [1.29, 1.82) is 0 Å². The van der Waals surface area contributed by atoms with E-state index in [-0.39, 0.29) is 0 Å². The van der Waals surface area contributed by atoms with Gasteiger partial charge < -0.3 is 14.7 Å². The van der Waals surface area contributed by atoms with Gasteiger partial charge in [0.2, 0.25) is 0 Å². The van der Waals surface area contributed by atoms with E-state index in [1.165, 1.54) is 110 Å². The van der Waals surface area contributed by atoms with Gasteiger partial charge >= 0.3 is 0 Å². The SMILES string of the molecule is CCN(CCCN1CCCCC1)CCCN1CCCCC1. The van der Waals surface area contributed by atoms with E-state index in [0.29, 0.717) is 0 Å². The monoisotopic (exact) mass is 295 g/mol. The van der Waals surface area contributed by atoms with Crippen molar-refractivity contribution in [1.82, 2.24) is 14.7 Å². The van der Waals surface area contributed by atoms with E-state index >= 15 is 0 Å². The fourth-order valence-electron chi connectivity index (χ4n) is 3.83. The Hall–Kier alpha value is -0.120. The molecule has 0 aromatic rings. The van der Waals surface area contributed by atoms with Gasteiger partial charge in [-0.1, -0.05) is 19.8 Å². The van der Waals surface area contributed by atoms with Gasteiger partial charge in [-0.15, -0.1) is 0 Å². The Morgan fingerprint density at radius 3 is 1.48 bits per heavy atom. The fraction of sp³-hybridized carbons (Fsp3) is 1.00. The first-order chi connectivity index (χ1) is 10.4. The Bertz CT molecular complexity index is 221. The minimum absolute atomic E-state index is 1.22. The molecule has 0 aromatic carbocycles. The summed E-state index contributed by atoms with van der Waals surface area (Å²) in [4.78, 5) is 8.00. The van der Waals surface area contributed by atoms with Gasteiger partial charge in [-0.3, -0.25) is 0 Å². The van der Waals surface area contributed by atoms with Crippen LogP contribution in [0.2, 0.25) is 0 Å². The molecule has 2 aliphatic rings. The Kier molecular flexibility index (Phi) is 8.68. The first-order valence-electron chi connectivity index (χ1n) is 9.55. The molecule has 0 aromatic heterocycles. The standard InChI is InChI=1S/C18H37N3/c1-2-19(15-9-17-20-11-5-3-6-12-20)16-10-18-21-13-7-4-8-14-21/h2-18H2,1H3. The smallest absolute Gasteiger partial charge is 0.000655 e. The Balaban J connectivity index is 1.50. The van der Waals surface area contributed by atoms with Gasteiger partial charge in [0, 0.05) is 0 Å². The van der Waals surface area contributed by atoms with E-state index in [4.69, 9.17) is 0 Å². The lowest BCUT2D eigenvalue weighted by Gasteiger charge is -2.29. The third-order valence-electron chi connectivity index (χ3n) is 5.24. The van der Waals surface area contributed by atoms with E-state index in [1.807, 2.05) is 0 Å². The van der Waals surface area contributed by atoms with Gasteiger partial charge in [0.1, 0.15) is 0 Å². The lowest BCUT2D eigenvalue weighted by atomic mass is 10.1. The molecule has 0 amide bonds. The largest absolute Gasteiger partial charge is 0.304 e. The van der Waals surface area contributed by atoms with Crippen molar-refractivity contribution in [2.45, 2.75) is 58.3 Å². The van der Waals surface area contributed by atoms with Crippen LogP contribution in [0.5, 0.6) is 0 Å². The molecule has 0 bridgehead atoms. The molecule has 0 N–H and O–H groups in total. The molecule has 0 saturated carbocycles. The zero-order valence-corrected chi connectivity index (χ0v) is 14.4. The van der Waals surface area contributed by atoms with Crippen molar-refractivity contribution in [2.24, 2.45) is 0 Å². The molecule has 21 heavy (non-hydrogen) atoms. The van der Waals surface area contributed by atoms with Crippen LogP contribution in [0.3, 0.4) is 0 Å². The number of rotatable bonds is 9. The fourth-order valence-corrected chi connectivity index (χ4v) is 3.83. The molecule has 3 heteroatoms. The number of likely N-dealkylation sites (tertiary alicyclic amines) is 2. The van der Waals surface area contributed by atoms with Crippen LogP contribution >= 0.6 is 0 Å². The van der Waals surface area contributed by atoms with Crippen molar-refractivity contribution >= 4 is 0 Å². The third kappa shape index (κ3) is 7.12. The van der Waals surface area contributed by atoms with E-state index in [1.54, 1.807) is 0 Å². The van der Waals surface area contributed by atoms with Gasteiger partial charge in [-0.25, -0.2) is 0 Å². The summed E-state index contributed by atoms with van der Waals surface area (Å²) in [7, 11) is 0. The molecule has 3 nitrogen and oxygen atoms in total. The predicted molar refractivity (Wildman–Crippen MR) is 91.9 cm³/mol. The Morgan fingerprint density at radius 2 is 1.10 bits per heavy atom. The quantitative estimate of drug-likeness (QED) is 0.647. The summed E-state index contributed by atoms with van der Waals surface area (Å²) in [6, 6.07) is 0. The van der Waals surface area contributed by atoms with Crippen LogP contribution in [-0.2, 0) is 0 Å². The van der Waals surface area contributed by atoms with Crippen molar-refractivity contribution < 1.29 is 0 Å². The van der Waals surface area contributed by atoms with Crippen LogP contribution in [0.4, 0.5) is 0 Å². The van der Waals surface area contributed by atoms with Crippen LogP contribution in [0.15, 0.2) is 0 Å². The normalized spacial score (nSPS) is 22.0. The van der Waals surface area contributed by atoms with Crippen molar-refractivity contribution in [3.8, 4) is 0 Å². The Morgan fingerprint density at radius 1 is 0.667 bits per heavy atom. The van der Waals surface area contributed by atoms with Gasteiger partial charge in [-0.05, 0) is 97.4 Å². The van der Waals surface area contributed by atoms with Crippen LogP contribution in [0, 0.1) is 0 Å². The third-order valence-corrected chi connectivity index (χ3v) is 5.24. The van der Waals surface area contributed by atoms with E-state index < -0.39 is 0 Å². The first kappa shape index (κ1) is 17.2. The highest BCUT2D eigenvalue weighted by Gasteiger charge is 2.12. The number of hydrogen-bond donors (Lipinski definition) is 0. The molecule has 2 aliphatic heterocycles. The molecule has 124 valence electrons. The summed E-state index contributed by atoms with van der Waals surface area (Å²) in [5.74, 6) is 0. The second kappa shape index (κ2) is 10.6. The predicted octanol–water partition coefficient (Wildman–Crippen LogP) is 3.06. The molecule has 2 rings (SSSR count). The van der Waals surface area contributed by atoms with Crippen LogP contribution in [0.1, 0.15) is 58.3 Å². The van der Waals surface area contributed by atoms with Gasteiger partial charge in [0.05, 0.1) is 0 Å². The lowest BCUT2D eigenvalue weighted by Crippen LogP contribution is -2.35. The summed E-state index contributed by atoms with van der Waals surface area (Å²) in [6.07, 6.45) is 11.3. The minimum atomic E-state index is 1.22. The second-order valence-electron chi connectivity index (χ2n) is 6.95. The van der Waals surface area contributed by atoms with Gasteiger partial charge in [0.25, 0.3) is 0 Å². The highest BCUT2D eigenvalue weighted by Crippen LogP contribution is 2.10. The zero-order valence-electron chi connectivity index (χ0n) is 14.4. The molecular weight excluding hydrogens is 258 g/mol. The maximum atomic E-state index is 2.67. The molecular formula is C18H37N3. The minimum Gasteiger partial charge on any atom is -0.304 e. The molecule has 0 radical (unpaired) electrons. The highest BCUT2D eigenvalue weighted by molar-refractivity contribution is 4.68. The average Bonchev–Trinajstić information content (AvgIpc) is 2.55. The zero-order chi connectivity index (χ0) is 14.8. The molecule has 0 aliphatic carbocycles. The lowest BCUT2D eigenvalue weighted by molar-refractivity contribution is 0.189. The van der Waals surface area contributed by atoms with E-state index in [9.17, 15) is 0 Å². The van der Waals surface area contributed by atoms with E-state index in [2.05, 4.69) is 21.6 Å². The van der Waals surface area contributed by atoms with E-state index in [0.717, 1.165) is 0 Å². The van der Waals surface area contributed by atoms with Crippen molar-refractivity contribution in [3.63, 3.8) is 0 Å². The molecule has 0 unspecified atom stereocenters. The summed E-state index contributed by atoms with van der Waals surface area (Å²) in [5, 5.41) is 0. The summed E-state index contributed by atoms with van der Waals surface area (Å²) in [6.45, 7) is 14.2. The van der Waals surface area contributed by atoms with Gasteiger partial charge in [0.15, 0.2) is 0 Å². The maximum Gasteiger partial charge on any atom is -0.000655 e.